The van der Waals surface area contributed by atoms with Crippen LogP contribution < -0.4 is 21.3 Å². The van der Waals surface area contributed by atoms with E-state index >= 15 is 0 Å². The minimum Gasteiger partial charge on any atom is -0.378 e. The molecule has 178 valence electrons. The number of primary amides is 1. The third kappa shape index (κ3) is 5.00. The fourth-order valence-electron chi connectivity index (χ4n) is 5.35. The molecule has 4 N–H and O–H groups in total. The SMILES string of the molecule is CCOC1CC(NC(=NC)NCc2cccnc2N2CCC(C(N)=O)CC2)C1(CC)CC. The van der Waals surface area contributed by atoms with Crippen molar-refractivity contribution in [3.63, 3.8) is 0 Å². The molecule has 3 rings (SSSR count). The lowest BCUT2D eigenvalue weighted by Gasteiger charge is -2.55. The standard InChI is InChI=1S/C24H40N6O2/c1-5-24(6-2)19(15-20(24)32-7-3)29-23(26-4)28-16-18-9-8-12-27-22(18)30-13-10-17(11-14-30)21(25)31/h8-9,12,17,19-20H,5-7,10-11,13-16H2,1-4H3,(H2,25,31)(H2,26,28,29). The molecule has 1 aliphatic heterocycles. The average Bonchev–Trinajstić information content (AvgIpc) is 2.81. The summed E-state index contributed by atoms with van der Waals surface area (Å²) in [5, 5.41) is 7.13. The summed E-state index contributed by atoms with van der Waals surface area (Å²) in [6.07, 6.45) is 6.86. The van der Waals surface area contributed by atoms with Gasteiger partial charge >= 0.3 is 0 Å². The fourth-order valence-corrected chi connectivity index (χ4v) is 5.35. The second-order valence-corrected chi connectivity index (χ2v) is 8.89. The molecule has 1 aromatic heterocycles. The second kappa shape index (κ2) is 11.0. The lowest BCUT2D eigenvalue weighted by molar-refractivity contribution is -0.133. The number of nitrogens with two attached hydrogens (primary N) is 1. The van der Waals surface area contributed by atoms with Crippen molar-refractivity contribution in [1.29, 1.82) is 0 Å². The van der Waals surface area contributed by atoms with Crippen LogP contribution in [-0.2, 0) is 16.1 Å². The molecule has 2 unspecified atom stereocenters. The van der Waals surface area contributed by atoms with E-state index < -0.39 is 0 Å². The molecular weight excluding hydrogens is 404 g/mol. The number of nitrogens with zero attached hydrogens (tertiary/aromatic N) is 3. The Balaban J connectivity index is 1.61. The summed E-state index contributed by atoms with van der Waals surface area (Å²) in [6, 6.07) is 4.41. The van der Waals surface area contributed by atoms with Gasteiger partial charge in [0.05, 0.1) is 6.10 Å². The number of pyridine rings is 1. The van der Waals surface area contributed by atoms with Crippen LogP contribution in [0.3, 0.4) is 0 Å². The molecule has 0 bridgehead atoms. The van der Waals surface area contributed by atoms with Crippen molar-refractivity contribution in [2.75, 3.05) is 31.6 Å². The highest BCUT2D eigenvalue weighted by molar-refractivity contribution is 5.80. The number of amides is 1. The number of aromatic nitrogens is 1. The zero-order valence-corrected chi connectivity index (χ0v) is 20.1. The molecule has 1 aliphatic carbocycles. The van der Waals surface area contributed by atoms with Crippen molar-refractivity contribution < 1.29 is 9.53 Å². The molecule has 8 heteroatoms. The first-order chi connectivity index (χ1) is 15.5. The fraction of sp³-hybridized carbons (Fsp3) is 0.708. The van der Waals surface area contributed by atoms with Gasteiger partial charge in [-0.2, -0.15) is 0 Å². The van der Waals surface area contributed by atoms with E-state index in [4.69, 9.17) is 10.5 Å². The highest BCUT2D eigenvalue weighted by Crippen LogP contribution is 2.48. The number of nitrogens with one attached hydrogen (secondary N) is 2. The summed E-state index contributed by atoms with van der Waals surface area (Å²) in [5.41, 5.74) is 6.75. The van der Waals surface area contributed by atoms with E-state index in [-0.39, 0.29) is 17.2 Å². The molecular formula is C24H40N6O2. The number of anilines is 1. The van der Waals surface area contributed by atoms with E-state index in [1.165, 1.54) is 0 Å². The van der Waals surface area contributed by atoms with Gasteiger partial charge in [-0.3, -0.25) is 9.79 Å². The molecule has 1 amide bonds. The Bertz CT molecular complexity index is 786. The van der Waals surface area contributed by atoms with E-state index in [9.17, 15) is 4.79 Å². The quantitative estimate of drug-likeness (QED) is 0.399. The number of hydrogen-bond acceptors (Lipinski definition) is 5. The molecule has 32 heavy (non-hydrogen) atoms. The molecule has 1 saturated heterocycles. The maximum absolute atomic E-state index is 11.5. The van der Waals surface area contributed by atoms with Crippen LogP contribution in [0.1, 0.15) is 58.4 Å². The van der Waals surface area contributed by atoms with Crippen molar-refractivity contribution in [3.8, 4) is 0 Å². The molecule has 2 atom stereocenters. The largest absolute Gasteiger partial charge is 0.378 e. The Morgan fingerprint density at radius 1 is 1.31 bits per heavy atom. The van der Waals surface area contributed by atoms with Crippen molar-refractivity contribution in [2.24, 2.45) is 22.1 Å². The van der Waals surface area contributed by atoms with Gasteiger partial charge in [-0.1, -0.05) is 19.9 Å². The molecule has 0 aromatic carbocycles. The number of carbonyl (C=O) groups excluding carboxylic acids is 1. The van der Waals surface area contributed by atoms with Crippen LogP contribution in [0.15, 0.2) is 23.3 Å². The highest BCUT2D eigenvalue weighted by Gasteiger charge is 2.53. The summed E-state index contributed by atoms with van der Waals surface area (Å²) in [4.78, 5) is 22.9. The summed E-state index contributed by atoms with van der Waals surface area (Å²) in [6.45, 7) is 9.55. The number of ether oxygens (including phenoxy) is 1. The van der Waals surface area contributed by atoms with Crippen LogP contribution in [0.2, 0.25) is 0 Å². The van der Waals surface area contributed by atoms with Gasteiger partial charge < -0.3 is 26.0 Å². The number of hydrogen-bond donors (Lipinski definition) is 3. The molecule has 0 radical (unpaired) electrons. The molecule has 8 nitrogen and oxygen atoms in total. The first-order valence-corrected chi connectivity index (χ1v) is 12.1. The van der Waals surface area contributed by atoms with Gasteiger partial charge in [-0.05, 0) is 45.1 Å². The average molecular weight is 445 g/mol. The van der Waals surface area contributed by atoms with Crippen LogP contribution in [-0.4, -0.2) is 55.7 Å². The zero-order valence-electron chi connectivity index (χ0n) is 20.1. The number of carbonyl (C=O) groups is 1. The summed E-state index contributed by atoms with van der Waals surface area (Å²) in [5.74, 6) is 1.55. The van der Waals surface area contributed by atoms with Crippen molar-refractivity contribution in [3.05, 3.63) is 23.9 Å². The van der Waals surface area contributed by atoms with Crippen molar-refractivity contribution >= 4 is 17.7 Å². The molecule has 2 heterocycles. The summed E-state index contributed by atoms with van der Waals surface area (Å²) < 4.78 is 6.01. The normalized spacial score (nSPS) is 23.5. The molecule has 1 aromatic rings. The minimum atomic E-state index is -0.194. The van der Waals surface area contributed by atoms with Crippen molar-refractivity contribution in [1.82, 2.24) is 15.6 Å². The number of guanidine groups is 1. The van der Waals surface area contributed by atoms with E-state index in [1.54, 1.807) is 0 Å². The Morgan fingerprint density at radius 2 is 2.03 bits per heavy atom. The van der Waals surface area contributed by atoms with Crippen LogP contribution in [0, 0.1) is 11.3 Å². The topological polar surface area (TPSA) is 105 Å². The van der Waals surface area contributed by atoms with Gasteiger partial charge in [0.1, 0.15) is 5.82 Å². The summed E-state index contributed by atoms with van der Waals surface area (Å²) in [7, 11) is 1.81. The number of aliphatic imine (C=N–C) groups is 1. The second-order valence-electron chi connectivity index (χ2n) is 8.89. The van der Waals surface area contributed by atoms with Gasteiger partial charge in [0, 0.05) is 62.4 Å². The Kier molecular flexibility index (Phi) is 8.34. The predicted octanol–water partition coefficient (Wildman–Crippen LogP) is 2.43. The van der Waals surface area contributed by atoms with Crippen molar-refractivity contribution in [2.45, 2.75) is 71.6 Å². The zero-order chi connectivity index (χ0) is 23.1. The third-order valence-electron chi connectivity index (χ3n) is 7.51. The third-order valence-corrected chi connectivity index (χ3v) is 7.51. The lowest BCUT2D eigenvalue weighted by atomic mass is 9.58. The summed E-state index contributed by atoms with van der Waals surface area (Å²) >= 11 is 0. The molecule has 0 spiro atoms. The van der Waals surface area contributed by atoms with E-state index in [2.05, 4.69) is 52.3 Å². The van der Waals surface area contributed by atoms with E-state index in [0.29, 0.717) is 18.7 Å². The van der Waals surface area contributed by atoms with Gasteiger partial charge in [0.2, 0.25) is 5.91 Å². The van der Waals surface area contributed by atoms with Crippen LogP contribution >= 0.6 is 0 Å². The van der Waals surface area contributed by atoms with Gasteiger partial charge in [0.15, 0.2) is 5.96 Å². The molecule has 2 aliphatic rings. The maximum Gasteiger partial charge on any atom is 0.220 e. The Labute approximate surface area is 192 Å². The first-order valence-electron chi connectivity index (χ1n) is 12.1. The van der Waals surface area contributed by atoms with Gasteiger partial charge in [0.25, 0.3) is 0 Å². The molecule has 1 saturated carbocycles. The van der Waals surface area contributed by atoms with Crippen LogP contribution in [0.5, 0.6) is 0 Å². The Morgan fingerprint density at radius 3 is 2.62 bits per heavy atom. The predicted molar refractivity (Wildman–Crippen MR) is 129 cm³/mol. The highest BCUT2D eigenvalue weighted by atomic mass is 16.5. The van der Waals surface area contributed by atoms with E-state index in [1.807, 2.05) is 19.3 Å². The lowest BCUT2D eigenvalue weighted by Crippen LogP contribution is -2.65. The van der Waals surface area contributed by atoms with Gasteiger partial charge in [-0.25, -0.2) is 4.98 Å². The smallest absolute Gasteiger partial charge is 0.220 e. The maximum atomic E-state index is 11.5. The number of piperidine rings is 1. The van der Waals surface area contributed by atoms with Crippen LogP contribution in [0.25, 0.3) is 0 Å². The number of rotatable bonds is 9. The first kappa shape index (κ1) is 24.3. The van der Waals surface area contributed by atoms with E-state index in [0.717, 1.165) is 69.1 Å². The minimum absolute atomic E-state index is 0.0278. The van der Waals surface area contributed by atoms with Gasteiger partial charge in [-0.15, -0.1) is 0 Å². The monoisotopic (exact) mass is 444 g/mol. The van der Waals surface area contributed by atoms with Crippen LogP contribution in [0.4, 0.5) is 5.82 Å². The molecule has 2 fully saturated rings. The Hall–Kier alpha value is -2.35.